The number of aliphatic hydroxyl groups is 3. The van der Waals surface area contributed by atoms with Gasteiger partial charge in [0.1, 0.15) is 18.8 Å². The Morgan fingerprint density at radius 3 is 2.47 bits per heavy atom. The summed E-state index contributed by atoms with van der Waals surface area (Å²) in [6, 6.07) is 1.25. The fourth-order valence-electron chi connectivity index (χ4n) is 4.44. The van der Waals surface area contributed by atoms with Gasteiger partial charge in [0.25, 0.3) is 5.91 Å². The predicted octanol–water partition coefficient (Wildman–Crippen LogP) is 0.180. The van der Waals surface area contributed by atoms with E-state index in [9.17, 15) is 37.8 Å². The van der Waals surface area contributed by atoms with Gasteiger partial charge in [0.05, 0.1) is 32.3 Å². The van der Waals surface area contributed by atoms with Gasteiger partial charge in [-0.2, -0.15) is 13.2 Å². The molecule has 1 aliphatic heterocycles. The number of carbonyl (C=O) groups excluding carboxylic acids is 3. The van der Waals surface area contributed by atoms with Gasteiger partial charge in [-0.1, -0.05) is 6.92 Å². The molecule has 0 saturated heterocycles. The number of fused-ring (bicyclic) bond motifs is 3. The molecule has 4 unspecified atom stereocenters. The van der Waals surface area contributed by atoms with Crippen molar-refractivity contribution >= 4 is 17.6 Å². The van der Waals surface area contributed by atoms with Crippen molar-refractivity contribution in [1.29, 1.82) is 0 Å². The van der Waals surface area contributed by atoms with E-state index in [0.29, 0.717) is 11.1 Å². The summed E-state index contributed by atoms with van der Waals surface area (Å²) in [6.45, 7) is -1.52. The lowest BCUT2D eigenvalue weighted by Gasteiger charge is -2.40. The number of rotatable bonds is 9. The number of ketones is 1. The van der Waals surface area contributed by atoms with E-state index < -0.39 is 67.7 Å². The van der Waals surface area contributed by atoms with Crippen LogP contribution < -0.4 is 14.8 Å². The molecule has 3 rings (SSSR count). The highest BCUT2D eigenvalue weighted by atomic mass is 19.4. The van der Waals surface area contributed by atoms with E-state index in [4.69, 9.17) is 14.6 Å². The second-order valence-corrected chi connectivity index (χ2v) is 8.34. The molecule has 4 atom stereocenters. The Hall–Kier alpha value is -3.16. The maximum absolute atomic E-state index is 13.4. The maximum Gasteiger partial charge on any atom is 0.406 e. The number of halogens is 3. The molecule has 1 heterocycles. The monoisotopic (exact) mass is 516 g/mol. The van der Waals surface area contributed by atoms with Gasteiger partial charge in [0.2, 0.25) is 11.7 Å². The number of Topliss-reactive ketones (excluding diaryl/α,β-unsaturated/α-hetero) is 1. The number of aliphatic hydroxyl groups excluding tert-OH is 3. The number of alkyl halides is 3. The summed E-state index contributed by atoms with van der Waals surface area (Å²) < 4.78 is 51.4. The molecule has 198 valence electrons. The molecule has 1 aromatic carbocycles. The third-order valence-electron chi connectivity index (χ3n) is 6.02. The van der Waals surface area contributed by atoms with Crippen molar-refractivity contribution in [3.05, 3.63) is 34.9 Å². The van der Waals surface area contributed by atoms with Crippen LogP contribution in [-0.4, -0.2) is 89.0 Å². The SMILES string of the molecule is CCC(=O)C(=O)N(CC(F)(F)F)C1C=C(C(=O)NCCO)C2c3cc(CO)cc(OC)c3OC2C1O. The van der Waals surface area contributed by atoms with Gasteiger partial charge in [-0.3, -0.25) is 14.4 Å². The van der Waals surface area contributed by atoms with Gasteiger partial charge in [0.15, 0.2) is 11.5 Å². The Morgan fingerprint density at radius 1 is 1.22 bits per heavy atom. The molecule has 2 amide bonds. The number of nitrogens with one attached hydrogen (secondary N) is 1. The summed E-state index contributed by atoms with van der Waals surface area (Å²) in [5, 5.41) is 32.3. The first-order chi connectivity index (χ1) is 17.0. The molecule has 1 aromatic rings. The Balaban J connectivity index is 2.17. The zero-order chi connectivity index (χ0) is 26.8. The third-order valence-corrected chi connectivity index (χ3v) is 6.02. The van der Waals surface area contributed by atoms with Crippen molar-refractivity contribution in [1.82, 2.24) is 10.2 Å². The highest BCUT2D eigenvalue weighted by Crippen LogP contribution is 2.51. The molecule has 0 bridgehead atoms. The van der Waals surface area contributed by atoms with E-state index in [1.165, 1.54) is 26.2 Å². The Bertz CT molecular complexity index is 1060. The largest absolute Gasteiger partial charge is 0.493 e. The van der Waals surface area contributed by atoms with Crippen molar-refractivity contribution in [2.45, 2.75) is 50.3 Å². The average Bonchev–Trinajstić information content (AvgIpc) is 3.24. The normalized spacial score (nSPS) is 22.6. The van der Waals surface area contributed by atoms with Crippen LogP contribution in [0.2, 0.25) is 0 Å². The number of ether oxygens (including phenoxy) is 2. The predicted molar refractivity (Wildman–Crippen MR) is 117 cm³/mol. The molecular weight excluding hydrogens is 489 g/mol. The molecule has 1 aliphatic carbocycles. The quantitative estimate of drug-likeness (QED) is 0.340. The van der Waals surface area contributed by atoms with Gasteiger partial charge in [-0.25, -0.2) is 0 Å². The topological polar surface area (TPSA) is 146 Å². The zero-order valence-corrected chi connectivity index (χ0v) is 19.5. The number of methoxy groups -OCH3 is 1. The Kier molecular flexibility index (Phi) is 8.26. The fraction of sp³-hybridized carbons (Fsp3) is 0.522. The van der Waals surface area contributed by atoms with Gasteiger partial charge in [-0.15, -0.1) is 0 Å². The maximum atomic E-state index is 13.4. The summed E-state index contributed by atoms with van der Waals surface area (Å²) >= 11 is 0. The number of amides is 2. The second-order valence-electron chi connectivity index (χ2n) is 8.34. The molecular formula is C23H27F3N2O8. The molecule has 2 aliphatic rings. The number of hydrogen-bond donors (Lipinski definition) is 4. The highest BCUT2D eigenvalue weighted by molar-refractivity contribution is 6.36. The van der Waals surface area contributed by atoms with Gasteiger partial charge in [-0.05, 0) is 23.8 Å². The van der Waals surface area contributed by atoms with E-state index in [1.807, 2.05) is 0 Å². The number of carbonyl (C=O) groups is 3. The van der Waals surface area contributed by atoms with Crippen molar-refractivity contribution in [3.63, 3.8) is 0 Å². The molecule has 0 saturated carbocycles. The van der Waals surface area contributed by atoms with Crippen molar-refractivity contribution in [2.24, 2.45) is 0 Å². The number of hydrogen-bond acceptors (Lipinski definition) is 8. The minimum absolute atomic E-state index is 0.114. The summed E-state index contributed by atoms with van der Waals surface area (Å²) in [6.07, 6.45) is -7.35. The van der Waals surface area contributed by atoms with E-state index in [2.05, 4.69) is 5.32 Å². The lowest BCUT2D eigenvalue weighted by atomic mass is 9.77. The Morgan fingerprint density at radius 2 is 1.92 bits per heavy atom. The minimum atomic E-state index is -4.91. The van der Waals surface area contributed by atoms with E-state index in [0.717, 1.165) is 6.08 Å². The lowest BCUT2D eigenvalue weighted by molar-refractivity contribution is -0.172. The van der Waals surface area contributed by atoms with E-state index in [1.54, 1.807) is 0 Å². The number of benzene rings is 1. The van der Waals surface area contributed by atoms with Crippen molar-refractivity contribution in [2.75, 3.05) is 26.8 Å². The molecule has 0 radical (unpaired) electrons. The molecule has 0 spiro atoms. The standard InChI is InChI=1S/C23H27F3N2O8/c1-3-15(31)22(34)28(10-23(24,25)26)14-8-13(21(33)27-4-5-29)17-12-6-11(9-30)7-16(35-2)19(12)36-20(17)18(14)32/h6-8,14,17-18,20,29-30,32H,3-5,9-10H2,1-2H3,(H,27,33). The van der Waals surface area contributed by atoms with Crippen LogP contribution >= 0.6 is 0 Å². The van der Waals surface area contributed by atoms with E-state index in [-0.39, 0.29) is 34.9 Å². The molecule has 10 nitrogen and oxygen atoms in total. The number of nitrogens with zero attached hydrogens (tertiary/aromatic N) is 1. The van der Waals surface area contributed by atoms with Crippen LogP contribution in [0.15, 0.2) is 23.8 Å². The first-order valence-corrected chi connectivity index (χ1v) is 11.1. The average molecular weight is 516 g/mol. The van der Waals surface area contributed by atoms with Crippen molar-refractivity contribution < 1.29 is 52.3 Å². The summed E-state index contributed by atoms with van der Waals surface area (Å²) in [5.74, 6) is -4.06. The molecule has 36 heavy (non-hydrogen) atoms. The van der Waals surface area contributed by atoms with Crippen LogP contribution in [0.5, 0.6) is 11.5 Å². The fourth-order valence-corrected chi connectivity index (χ4v) is 4.44. The summed E-state index contributed by atoms with van der Waals surface area (Å²) in [7, 11) is 1.33. The Labute approximate surface area is 204 Å². The van der Waals surface area contributed by atoms with Crippen molar-refractivity contribution in [3.8, 4) is 11.5 Å². The molecule has 4 N–H and O–H groups in total. The summed E-state index contributed by atoms with van der Waals surface area (Å²) in [4.78, 5) is 37.9. The first-order valence-electron chi connectivity index (χ1n) is 11.1. The highest BCUT2D eigenvalue weighted by Gasteiger charge is 2.53. The van der Waals surface area contributed by atoms with Crippen LogP contribution in [0.4, 0.5) is 13.2 Å². The minimum Gasteiger partial charge on any atom is -0.493 e. The lowest BCUT2D eigenvalue weighted by Crippen LogP contribution is -2.58. The van der Waals surface area contributed by atoms with Gasteiger partial charge in [0, 0.05) is 24.1 Å². The van der Waals surface area contributed by atoms with Crippen LogP contribution in [0.25, 0.3) is 0 Å². The van der Waals surface area contributed by atoms with E-state index >= 15 is 0 Å². The zero-order valence-electron chi connectivity index (χ0n) is 19.5. The molecule has 0 fully saturated rings. The third kappa shape index (κ3) is 5.32. The smallest absolute Gasteiger partial charge is 0.406 e. The van der Waals surface area contributed by atoms with Gasteiger partial charge < -0.3 is 35.0 Å². The van der Waals surface area contributed by atoms with Crippen LogP contribution in [0.1, 0.15) is 30.4 Å². The van der Waals surface area contributed by atoms with Crippen LogP contribution in [0.3, 0.4) is 0 Å². The van der Waals surface area contributed by atoms with Crippen LogP contribution in [-0.2, 0) is 21.0 Å². The first kappa shape index (κ1) is 27.4. The molecule has 0 aromatic heterocycles. The van der Waals surface area contributed by atoms with Gasteiger partial charge >= 0.3 is 6.18 Å². The van der Waals surface area contributed by atoms with Crippen LogP contribution in [0, 0.1) is 0 Å². The molecule has 13 heteroatoms. The summed E-state index contributed by atoms with van der Waals surface area (Å²) in [5.41, 5.74) is 0.595. The second kappa shape index (κ2) is 10.8.